The zero-order chi connectivity index (χ0) is 24.1. The average molecular weight is 503 g/mol. The number of esters is 1. The Balaban J connectivity index is 1.40. The summed E-state index contributed by atoms with van der Waals surface area (Å²) in [5.41, 5.74) is 1.45. The van der Waals surface area contributed by atoms with Crippen LogP contribution in [0, 0.1) is 5.82 Å². The van der Waals surface area contributed by atoms with Gasteiger partial charge in [0, 0.05) is 11.4 Å². The molecular formula is C23H23FN4O4S2. The van der Waals surface area contributed by atoms with Gasteiger partial charge in [0.15, 0.2) is 11.0 Å². The maximum atomic E-state index is 13.1. The van der Waals surface area contributed by atoms with Crippen LogP contribution < -0.4 is 10.1 Å². The Morgan fingerprint density at radius 3 is 2.82 bits per heavy atom. The molecule has 11 heteroatoms. The second-order valence-electron chi connectivity index (χ2n) is 7.43. The molecule has 0 bridgehead atoms. The van der Waals surface area contributed by atoms with Crippen LogP contribution in [0.3, 0.4) is 0 Å². The number of ether oxygens (including phenoxy) is 2. The lowest BCUT2D eigenvalue weighted by molar-refractivity contribution is -0.113. The molecule has 1 aromatic carbocycles. The molecule has 8 nitrogen and oxygen atoms in total. The van der Waals surface area contributed by atoms with Crippen molar-refractivity contribution in [3.8, 4) is 5.75 Å². The lowest BCUT2D eigenvalue weighted by Crippen LogP contribution is -2.17. The predicted molar refractivity (Wildman–Crippen MR) is 128 cm³/mol. The first-order chi connectivity index (χ1) is 16.5. The normalized spacial score (nSPS) is 12.3. The van der Waals surface area contributed by atoms with Gasteiger partial charge in [0.05, 0.1) is 18.4 Å². The molecule has 1 amide bonds. The van der Waals surface area contributed by atoms with E-state index in [1.807, 2.05) is 0 Å². The van der Waals surface area contributed by atoms with E-state index >= 15 is 0 Å². The molecule has 3 aromatic rings. The number of carbonyl (C=O) groups excluding carboxylic acids is 2. The van der Waals surface area contributed by atoms with Gasteiger partial charge in [0.1, 0.15) is 23.2 Å². The standard InChI is InChI=1S/C23H23FN4O4S2/c1-3-11-28-18(12-32-15-9-7-14(24)8-10-15)26-27-23(28)33-13-19(29)25-21-20(22(30)31-2)16-5-4-6-17(16)34-21/h3,7-10H,1,4-6,11-13H2,2H3,(H,25,29). The number of anilines is 1. The molecule has 1 aliphatic rings. The van der Waals surface area contributed by atoms with Gasteiger partial charge in [-0.05, 0) is 49.1 Å². The van der Waals surface area contributed by atoms with Crippen molar-refractivity contribution in [3.63, 3.8) is 0 Å². The lowest BCUT2D eigenvalue weighted by Gasteiger charge is -2.09. The highest BCUT2D eigenvalue weighted by Crippen LogP contribution is 2.39. The Morgan fingerprint density at radius 2 is 2.09 bits per heavy atom. The minimum Gasteiger partial charge on any atom is -0.486 e. The van der Waals surface area contributed by atoms with E-state index in [1.54, 1.807) is 10.6 Å². The summed E-state index contributed by atoms with van der Waals surface area (Å²) in [6.45, 7) is 4.33. The molecule has 1 aliphatic carbocycles. The number of thiophene rings is 1. The van der Waals surface area contributed by atoms with Gasteiger partial charge in [-0.3, -0.25) is 9.36 Å². The number of allylic oxidation sites excluding steroid dienone is 1. The Bertz CT molecular complexity index is 1210. The maximum Gasteiger partial charge on any atom is 0.341 e. The van der Waals surface area contributed by atoms with E-state index < -0.39 is 5.97 Å². The van der Waals surface area contributed by atoms with Crippen LogP contribution in [0.25, 0.3) is 0 Å². The van der Waals surface area contributed by atoms with Crippen molar-refractivity contribution in [2.45, 2.75) is 37.6 Å². The van der Waals surface area contributed by atoms with Crippen LogP contribution in [0.15, 0.2) is 42.1 Å². The highest BCUT2D eigenvalue weighted by Gasteiger charge is 2.28. The van der Waals surface area contributed by atoms with Crippen molar-refractivity contribution in [2.75, 3.05) is 18.2 Å². The summed E-state index contributed by atoms with van der Waals surface area (Å²) < 4.78 is 25.5. The Hall–Kier alpha value is -3.18. The molecule has 0 radical (unpaired) electrons. The summed E-state index contributed by atoms with van der Waals surface area (Å²) in [5, 5.41) is 12.3. The Labute approximate surface area is 204 Å². The summed E-state index contributed by atoms with van der Waals surface area (Å²) >= 11 is 2.66. The second-order valence-corrected chi connectivity index (χ2v) is 9.48. The second kappa shape index (κ2) is 10.8. The molecule has 0 atom stereocenters. The fourth-order valence-electron chi connectivity index (χ4n) is 3.63. The summed E-state index contributed by atoms with van der Waals surface area (Å²) in [4.78, 5) is 26.1. The zero-order valence-corrected chi connectivity index (χ0v) is 20.1. The van der Waals surface area contributed by atoms with Gasteiger partial charge in [-0.15, -0.1) is 28.1 Å². The minimum atomic E-state index is -0.432. The van der Waals surface area contributed by atoms with Crippen LogP contribution in [0.2, 0.25) is 0 Å². The first kappa shape index (κ1) is 24.0. The number of nitrogens with zero attached hydrogens (tertiary/aromatic N) is 3. The number of amides is 1. The molecule has 0 saturated carbocycles. The number of halogens is 1. The van der Waals surface area contributed by atoms with Crippen LogP contribution >= 0.6 is 23.1 Å². The molecule has 0 spiro atoms. The first-order valence-corrected chi connectivity index (χ1v) is 12.4. The number of hydrogen-bond acceptors (Lipinski definition) is 8. The molecule has 0 unspecified atom stereocenters. The fourth-order valence-corrected chi connectivity index (χ4v) is 5.69. The van der Waals surface area contributed by atoms with E-state index in [1.165, 1.54) is 54.5 Å². The van der Waals surface area contributed by atoms with Crippen LogP contribution in [-0.2, 0) is 35.5 Å². The number of nitrogens with one attached hydrogen (secondary N) is 1. The third-order valence-electron chi connectivity index (χ3n) is 5.18. The zero-order valence-electron chi connectivity index (χ0n) is 18.5. The van der Waals surface area contributed by atoms with Crippen LogP contribution in [0.5, 0.6) is 5.75 Å². The van der Waals surface area contributed by atoms with E-state index in [9.17, 15) is 14.0 Å². The third kappa shape index (κ3) is 5.31. The highest BCUT2D eigenvalue weighted by atomic mass is 32.2. The van der Waals surface area contributed by atoms with Gasteiger partial charge in [0.2, 0.25) is 5.91 Å². The molecule has 34 heavy (non-hydrogen) atoms. The SMILES string of the molecule is C=CCn1c(COc2ccc(F)cc2)nnc1SCC(=O)Nc1sc2c(c1C(=O)OC)CCC2. The van der Waals surface area contributed by atoms with Crippen molar-refractivity contribution in [1.82, 2.24) is 14.8 Å². The summed E-state index contributed by atoms with van der Waals surface area (Å²) in [6.07, 6.45) is 4.42. The summed E-state index contributed by atoms with van der Waals surface area (Å²) in [6, 6.07) is 5.70. The molecule has 1 N–H and O–H groups in total. The number of aromatic nitrogens is 3. The summed E-state index contributed by atoms with van der Waals surface area (Å²) in [5.74, 6) is 0.107. The minimum absolute atomic E-state index is 0.0806. The van der Waals surface area contributed by atoms with E-state index in [2.05, 4.69) is 22.1 Å². The van der Waals surface area contributed by atoms with E-state index in [4.69, 9.17) is 9.47 Å². The van der Waals surface area contributed by atoms with Gasteiger partial charge < -0.3 is 14.8 Å². The van der Waals surface area contributed by atoms with Crippen LogP contribution in [0.4, 0.5) is 9.39 Å². The molecule has 4 rings (SSSR count). The number of fused-ring (bicyclic) bond motifs is 1. The van der Waals surface area contributed by atoms with Crippen molar-refractivity contribution in [2.24, 2.45) is 0 Å². The van der Waals surface area contributed by atoms with Gasteiger partial charge in [-0.2, -0.15) is 0 Å². The molecule has 0 saturated heterocycles. The molecule has 0 fully saturated rings. The number of methoxy groups -OCH3 is 1. The van der Waals surface area contributed by atoms with Gasteiger partial charge >= 0.3 is 5.97 Å². The van der Waals surface area contributed by atoms with Gasteiger partial charge in [0.25, 0.3) is 0 Å². The van der Waals surface area contributed by atoms with Gasteiger partial charge in [-0.25, -0.2) is 9.18 Å². The summed E-state index contributed by atoms with van der Waals surface area (Å²) in [7, 11) is 1.34. The van der Waals surface area contributed by atoms with Crippen molar-refractivity contribution >= 4 is 40.0 Å². The fraction of sp³-hybridized carbons (Fsp3) is 0.304. The number of aryl methyl sites for hydroxylation is 1. The Morgan fingerprint density at radius 1 is 1.29 bits per heavy atom. The van der Waals surface area contributed by atoms with Crippen molar-refractivity contribution in [3.05, 3.63) is 64.6 Å². The smallest absolute Gasteiger partial charge is 0.341 e. The Kier molecular flexibility index (Phi) is 7.63. The predicted octanol–water partition coefficient (Wildman–Crippen LogP) is 4.25. The van der Waals surface area contributed by atoms with Crippen LogP contribution in [-0.4, -0.2) is 39.5 Å². The largest absolute Gasteiger partial charge is 0.486 e. The van der Waals surface area contributed by atoms with E-state index in [0.717, 1.165) is 29.7 Å². The molecule has 2 aromatic heterocycles. The molecule has 2 heterocycles. The number of thioether (sulfide) groups is 1. The molecular weight excluding hydrogens is 479 g/mol. The lowest BCUT2D eigenvalue weighted by atomic mass is 10.1. The first-order valence-electron chi connectivity index (χ1n) is 10.6. The van der Waals surface area contributed by atoms with Crippen molar-refractivity contribution < 1.29 is 23.5 Å². The van der Waals surface area contributed by atoms with Crippen molar-refractivity contribution in [1.29, 1.82) is 0 Å². The van der Waals surface area contributed by atoms with Crippen LogP contribution in [0.1, 0.15) is 33.0 Å². The maximum absolute atomic E-state index is 13.1. The molecule has 178 valence electrons. The quantitative estimate of drug-likeness (QED) is 0.252. The third-order valence-corrected chi connectivity index (χ3v) is 7.36. The van der Waals surface area contributed by atoms with Gasteiger partial charge in [-0.1, -0.05) is 17.8 Å². The van der Waals surface area contributed by atoms with E-state index in [0.29, 0.717) is 33.8 Å². The number of carbonyl (C=O) groups is 2. The monoisotopic (exact) mass is 502 g/mol. The highest BCUT2D eigenvalue weighted by molar-refractivity contribution is 7.99. The number of hydrogen-bond donors (Lipinski definition) is 1. The molecule has 0 aliphatic heterocycles. The van der Waals surface area contributed by atoms with E-state index in [-0.39, 0.29) is 24.1 Å². The number of rotatable bonds is 10. The topological polar surface area (TPSA) is 95.3 Å². The number of benzene rings is 1. The average Bonchev–Trinajstić information content (AvgIpc) is 3.52.